The van der Waals surface area contributed by atoms with Gasteiger partial charge >= 0.3 is 0 Å². The van der Waals surface area contributed by atoms with Gasteiger partial charge in [-0.1, -0.05) is 13.0 Å². The molecule has 2 nitrogen and oxygen atoms in total. The second-order valence-corrected chi connectivity index (χ2v) is 3.81. The van der Waals surface area contributed by atoms with Crippen LogP contribution in [-0.2, 0) is 0 Å². The Bertz CT molecular complexity index is 355. The Hall–Kier alpha value is -1.00. The fourth-order valence-electron chi connectivity index (χ4n) is 1.50. The minimum atomic E-state index is -1.15. The molecular formula is C12H17F2NO. The van der Waals surface area contributed by atoms with Crippen molar-refractivity contribution >= 4 is 0 Å². The third kappa shape index (κ3) is 3.00. The maximum atomic E-state index is 13.6. The van der Waals surface area contributed by atoms with Gasteiger partial charge in [0.05, 0.1) is 11.7 Å². The van der Waals surface area contributed by atoms with Crippen molar-refractivity contribution in [1.82, 2.24) is 5.32 Å². The normalized spacial score (nSPS) is 12.8. The summed E-state index contributed by atoms with van der Waals surface area (Å²) in [4.78, 5) is 0. The van der Waals surface area contributed by atoms with Gasteiger partial charge in [0.2, 0.25) is 0 Å². The zero-order valence-corrected chi connectivity index (χ0v) is 9.56. The van der Waals surface area contributed by atoms with Crippen LogP contribution in [0.4, 0.5) is 8.78 Å². The zero-order chi connectivity index (χ0) is 12.1. The van der Waals surface area contributed by atoms with E-state index in [9.17, 15) is 13.9 Å². The van der Waals surface area contributed by atoms with Crippen LogP contribution in [0.5, 0.6) is 0 Å². The predicted octanol–water partition coefficient (Wildman–Crippen LogP) is 2.31. The number of halogens is 2. The standard InChI is InChI=1S/C12H17F2NO/c1-3-6-15-7-10(16)11-9(13)5-4-8(2)12(11)14/h4-5,10,15-16H,3,6-7H2,1-2H3. The van der Waals surface area contributed by atoms with Gasteiger partial charge in [-0.2, -0.15) is 0 Å². The maximum Gasteiger partial charge on any atom is 0.134 e. The van der Waals surface area contributed by atoms with E-state index in [0.717, 1.165) is 6.42 Å². The van der Waals surface area contributed by atoms with Crippen molar-refractivity contribution in [3.8, 4) is 0 Å². The molecule has 1 atom stereocenters. The molecule has 0 amide bonds. The van der Waals surface area contributed by atoms with Crippen LogP contribution in [0, 0.1) is 18.6 Å². The average Bonchev–Trinajstić information content (AvgIpc) is 2.24. The summed E-state index contributed by atoms with van der Waals surface area (Å²) >= 11 is 0. The lowest BCUT2D eigenvalue weighted by atomic mass is 10.0. The van der Waals surface area contributed by atoms with Gasteiger partial charge in [-0.15, -0.1) is 0 Å². The van der Waals surface area contributed by atoms with Crippen molar-refractivity contribution in [3.63, 3.8) is 0 Å². The zero-order valence-electron chi connectivity index (χ0n) is 9.56. The molecule has 16 heavy (non-hydrogen) atoms. The van der Waals surface area contributed by atoms with Crippen LogP contribution in [0.2, 0.25) is 0 Å². The highest BCUT2D eigenvalue weighted by Gasteiger charge is 2.18. The third-order valence-corrected chi connectivity index (χ3v) is 2.42. The lowest BCUT2D eigenvalue weighted by molar-refractivity contribution is 0.165. The fourth-order valence-corrected chi connectivity index (χ4v) is 1.50. The molecule has 4 heteroatoms. The van der Waals surface area contributed by atoms with Crippen LogP contribution in [-0.4, -0.2) is 18.2 Å². The summed E-state index contributed by atoms with van der Waals surface area (Å²) in [6, 6.07) is 2.54. The number of aryl methyl sites for hydroxylation is 1. The quantitative estimate of drug-likeness (QED) is 0.759. The van der Waals surface area contributed by atoms with E-state index in [-0.39, 0.29) is 12.1 Å². The molecule has 0 heterocycles. The molecule has 0 bridgehead atoms. The Morgan fingerprint density at radius 2 is 2.06 bits per heavy atom. The van der Waals surface area contributed by atoms with Crippen LogP contribution in [0.15, 0.2) is 12.1 Å². The number of hydrogen-bond donors (Lipinski definition) is 2. The second kappa shape index (κ2) is 5.92. The van der Waals surface area contributed by atoms with Gasteiger partial charge in [-0.3, -0.25) is 0 Å². The van der Waals surface area contributed by atoms with Crippen LogP contribution < -0.4 is 5.32 Å². The SMILES string of the molecule is CCCNCC(O)c1c(F)ccc(C)c1F. The van der Waals surface area contributed by atoms with E-state index >= 15 is 0 Å². The Labute approximate surface area is 94.3 Å². The highest BCUT2D eigenvalue weighted by molar-refractivity contribution is 5.28. The first kappa shape index (κ1) is 13.1. The van der Waals surface area contributed by atoms with E-state index in [1.807, 2.05) is 6.92 Å². The van der Waals surface area contributed by atoms with E-state index < -0.39 is 17.7 Å². The van der Waals surface area contributed by atoms with Crippen LogP contribution in [0.3, 0.4) is 0 Å². The van der Waals surface area contributed by atoms with Crippen molar-refractivity contribution in [2.75, 3.05) is 13.1 Å². The first-order valence-electron chi connectivity index (χ1n) is 5.41. The van der Waals surface area contributed by atoms with Gasteiger partial charge < -0.3 is 10.4 Å². The number of nitrogens with one attached hydrogen (secondary N) is 1. The molecule has 0 radical (unpaired) electrons. The Balaban J connectivity index is 2.81. The molecule has 2 N–H and O–H groups in total. The minimum Gasteiger partial charge on any atom is -0.387 e. The largest absolute Gasteiger partial charge is 0.387 e. The van der Waals surface area contributed by atoms with Crippen LogP contribution in [0.25, 0.3) is 0 Å². The smallest absolute Gasteiger partial charge is 0.134 e. The van der Waals surface area contributed by atoms with E-state index in [2.05, 4.69) is 5.32 Å². The number of rotatable bonds is 5. The third-order valence-electron chi connectivity index (χ3n) is 2.42. The van der Waals surface area contributed by atoms with Crippen LogP contribution >= 0.6 is 0 Å². The number of aliphatic hydroxyl groups is 1. The topological polar surface area (TPSA) is 32.3 Å². The van der Waals surface area contributed by atoms with Gasteiger partial charge in [0, 0.05) is 6.54 Å². The minimum absolute atomic E-state index is 0.158. The van der Waals surface area contributed by atoms with Crippen molar-refractivity contribution in [2.24, 2.45) is 0 Å². The Morgan fingerprint density at radius 3 is 2.69 bits per heavy atom. The van der Waals surface area contributed by atoms with Gasteiger partial charge in [0.25, 0.3) is 0 Å². The molecular weight excluding hydrogens is 212 g/mol. The van der Waals surface area contributed by atoms with Crippen molar-refractivity contribution in [2.45, 2.75) is 26.4 Å². The number of hydrogen-bond acceptors (Lipinski definition) is 2. The summed E-state index contributed by atoms with van der Waals surface area (Å²) in [5.41, 5.74) is 0.0922. The van der Waals surface area contributed by atoms with Crippen molar-refractivity contribution < 1.29 is 13.9 Å². The molecule has 1 aromatic rings. The summed E-state index contributed by atoms with van der Waals surface area (Å²) in [5, 5.41) is 12.6. The van der Waals surface area contributed by atoms with E-state index in [0.29, 0.717) is 12.1 Å². The monoisotopic (exact) mass is 229 g/mol. The van der Waals surface area contributed by atoms with E-state index in [4.69, 9.17) is 0 Å². The number of benzene rings is 1. The van der Waals surface area contributed by atoms with Gasteiger partial charge in [0.15, 0.2) is 0 Å². The average molecular weight is 229 g/mol. The molecule has 90 valence electrons. The molecule has 0 spiro atoms. The molecule has 0 aliphatic heterocycles. The lowest BCUT2D eigenvalue weighted by Crippen LogP contribution is -2.23. The van der Waals surface area contributed by atoms with E-state index in [1.54, 1.807) is 6.92 Å². The van der Waals surface area contributed by atoms with Gasteiger partial charge in [0.1, 0.15) is 11.6 Å². The summed E-state index contributed by atoms with van der Waals surface area (Å²) in [6.07, 6.45) is -0.239. The molecule has 0 saturated carbocycles. The van der Waals surface area contributed by atoms with Crippen molar-refractivity contribution in [3.05, 3.63) is 34.9 Å². The second-order valence-electron chi connectivity index (χ2n) is 3.81. The summed E-state index contributed by atoms with van der Waals surface area (Å²) < 4.78 is 27.0. The summed E-state index contributed by atoms with van der Waals surface area (Å²) in [6.45, 7) is 4.40. The molecule has 0 aliphatic rings. The maximum absolute atomic E-state index is 13.6. The Morgan fingerprint density at radius 1 is 1.38 bits per heavy atom. The first-order chi connectivity index (χ1) is 7.57. The predicted molar refractivity (Wildman–Crippen MR) is 59.2 cm³/mol. The van der Waals surface area contributed by atoms with Crippen LogP contribution in [0.1, 0.15) is 30.6 Å². The number of aliphatic hydroxyl groups excluding tert-OH is 1. The summed E-state index contributed by atoms with van der Waals surface area (Å²) in [5.74, 6) is -1.36. The Kier molecular flexibility index (Phi) is 4.83. The molecule has 1 rings (SSSR count). The molecule has 1 aromatic carbocycles. The molecule has 0 aromatic heterocycles. The van der Waals surface area contributed by atoms with E-state index in [1.165, 1.54) is 12.1 Å². The summed E-state index contributed by atoms with van der Waals surface area (Å²) in [7, 11) is 0. The molecule has 0 saturated heterocycles. The van der Waals surface area contributed by atoms with Gasteiger partial charge in [-0.25, -0.2) is 8.78 Å². The van der Waals surface area contributed by atoms with Crippen molar-refractivity contribution in [1.29, 1.82) is 0 Å². The van der Waals surface area contributed by atoms with Gasteiger partial charge in [-0.05, 0) is 31.5 Å². The molecule has 0 aliphatic carbocycles. The molecule has 0 fully saturated rings. The fraction of sp³-hybridized carbons (Fsp3) is 0.500. The highest BCUT2D eigenvalue weighted by atomic mass is 19.1. The highest BCUT2D eigenvalue weighted by Crippen LogP contribution is 2.22. The first-order valence-corrected chi connectivity index (χ1v) is 5.41. The molecule has 1 unspecified atom stereocenters. The lowest BCUT2D eigenvalue weighted by Gasteiger charge is -2.14.